The molecule has 1 atom stereocenters. The van der Waals surface area contributed by atoms with Crippen molar-refractivity contribution in [2.75, 3.05) is 6.54 Å². The summed E-state index contributed by atoms with van der Waals surface area (Å²) < 4.78 is 0. The molecular formula is C5H8Cl2NO2Pd-. The van der Waals surface area contributed by atoms with Crippen LogP contribution >= 0.6 is 19.1 Å². The Bertz CT molecular complexity index is 119. The summed E-state index contributed by atoms with van der Waals surface area (Å²) in [5, 5.41) is 12.2. The monoisotopic (exact) mass is 290 g/mol. The van der Waals surface area contributed by atoms with E-state index in [-0.39, 0.29) is 15.9 Å². The second-order valence-corrected chi connectivity index (χ2v) is 4.31. The van der Waals surface area contributed by atoms with Crippen LogP contribution in [-0.2, 0) is 20.7 Å². The summed E-state index contributed by atoms with van der Waals surface area (Å²) in [6, 6.07) is -0.394. The molecule has 1 unspecified atom stereocenters. The van der Waals surface area contributed by atoms with Crippen LogP contribution in [0.25, 0.3) is 5.32 Å². The predicted octanol–water partition coefficient (Wildman–Crippen LogP) is 1.98. The van der Waals surface area contributed by atoms with E-state index in [9.17, 15) is 4.79 Å². The minimum absolute atomic E-state index is 0.106. The quantitative estimate of drug-likeness (QED) is 0.751. The average Bonchev–Trinajstić information content (AvgIpc) is 2.38. The van der Waals surface area contributed by atoms with E-state index in [2.05, 4.69) is 5.32 Å². The molecule has 6 heteroatoms. The zero-order valence-electron chi connectivity index (χ0n) is 5.57. The van der Waals surface area contributed by atoms with Crippen molar-refractivity contribution in [3.05, 3.63) is 5.32 Å². The molecule has 1 aliphatic rings. The maximum atomic E-state index is 10.1. The summed E-state index contributed by atoms with van der Waals surface area (Å²) in [5.74, 6) is -0.775. The van der Waals surface area contributed by atoms with E-state index in [1.807, 2.05) is 0 Å². The molecule has 1 saturated heterocycles. The van der Waals surface area contributed by atoms with Crippen molar-refractivity contribution in [1.29, 1.82) is 0 Å². The van der Waals surface area contributed by atoms with Gasteiger partial charge in [-0.3, -0.25) is 4.79 Å². The average molecular weight is 291 g/mol. The Morgan fingerprint density at radius 3 is 2.36 bits per heavy atom. The Balaban J connectivity index is 0.000000292. The van der Waals surface area contributed by atoms with Crippen molar-refractivity contribution < 1.29 is 25.8 Å². The summed E-state index contributed by atoms with van der Waals surface area (Å²) in [5.41, 5.74) is 0. The van der Waals surface area contributed by atoms with Crippen LogP contribution in [0.3, 0.4) is 0 Å². The Morgan fingerprint density at radius 2 is 2.18 bits per heavy atom. The van der Waals surface area contributed by atoms with Gasteiger partial charge in [-0.15, -0.1) is 6.54 Å². The summed E-state index contributed by atoms with van der Waals surface area (Å²) >= 11 is -0.106. The Hall–Kier alpha value is 0.672. The van der Waals surface area contributed by atoms with Crippen molar-refractivity contribution in [3.8, 4) is 0 Å². The molecule has 1 aliphatic heterocycles. The van der Waals surface area contributed by atoms with Crippen LogP contribution in [0.4, 0.5) is 0 Å². The number of halogens is 2. The Morgan fingerprint density at radius 1 is 1.64 bits per heavy atom. The first kappa shape index (κ1) is 11.7. The van der Waals surface area contributed by atoms with Crippen LogP contribution < -0.4 is 0 Å². The van der Waals surface area contributed by atoms with Crippen LogP contribution in [0.2, 0.25) is 0 Å². The van der Waals surface area contributed by atoms with Crippen molar-refractivity contribution in [3.63, 3.8) is 0 Å². The van der Waals surface area contributed by atoms with E-state index in [1.165, 1.54) is 0 Å². The fourth-order valence-corrected chi connectivity index (χ4v) is 0.825. The van der Waals surface area contributed by atoms with Gasteiger partial charge in [0.25, 0.3) is 5.97 Å². The second kappa shape index (κ2) is 7.33. The topological polar surface area (TPSA) is 51.4 Å². The number of carboxylic acids is 1. The van der Waals surface area contributed by atoms with E-state index < -0.39 is 12.0 Å². The number of nitrogens with zero attached hydrogens (tertiary/aromatic N) is 1. The number of aliphatic carboxylic acids is 1. The summed E-state index contributed by atoms with van der Waals surface area (Å²) in [4.78, 5) is 10.1. The van der Waals surface area contributed by atoms with Gasteiger partial charge in [0.1, 0.15) is 0 Å². The maximum absolute atomic E-state index is 10.1. The molecule has 1 rings (SSSR count). The fraction of sp³-hybridized carbons (Fsp3) is 0.800. The van der Waals surface area contributed by atoms with Crippen molar-refractivity contribution in [2.24, 2.45) is 0 Å². The zero-order chi connectivity index (χ0) is 8.69. The van der Waals surface area contributed by atoms with Gasteiger partial charge in [-0.1, -0.05) is 12.8 Å². The number of hydrogen-bond acceptors (Lipinski definition) is 1. The van der Waals surface area contributed by atoms with Crippen LogP contribution in [0.15, 0.2) is 0 Å². The summed E-state index contributed by atoms with van der Waals surface area (Å²) in [6.45, 7) is 0.733. The predicted molar refractivity (Wildman–Crippen MR) is 40.6 cm³/mol. The third-order valence-corrected chi connectivity index (χ3v) is 1.27. The van der Waals surface area contributed by atoms with Crippen LogP contribution in [0.5, 0.6) is 0 Å². The first-order valence-electron chi connectivity index (χ1n) is 2.94. The zero-order valence-corrected chi connectivity index (χ0v) is 8.64. The van der Waals surface area contributed by atoms with Gasteiger partial charge < -0.3 is 10.4 Å². The fourth-order valence-electron chi connectivity index (χ4n) is 0.825. The van der Waals surface area contributed by atoms with Crippen LogP contribution in [-0.4, -0.2) is 23.7 Å². The van der Waals surface area contributed by atoms with Crippen molar-refractivity contribution in [1.82, 2.24) is 0 Å². The SMILES string of the molecule is O=C(O)C1CCC[N-]1.[Cl][Pd][Cl]. The second-order valence-electron chi connectivity index (χ2n) is 1.95. The first-order valence-corrected chi connectivity index (χ1v) is 6.94. The van der Waals surface area contributed by atoms with Gasteiger partial charge in [0.2, 0.25) is 0 Å². The molecule has 70 valence electrons. The van der Waals surface area contributed by atoms with Gasteiger partial charge >= 0.3 is 35.0 Å². The van der Waals surface area contributed by atoms with E-state index in [0.717, 1.165) is 19.4 Å². The van der Waals surface area contributed by atoms with Crippen molar-refractivity contribution >= 4 is 25.0 Å². The molecule has 0 aromatic rings. The molecule has 0 amide bonds. The summed E-state index contributed by atoms with van der Waals surface area (Å²) in [7, 11) is 9.63. The van der Waals surface area contributed by atoms with Gasteiger partial charge in [-0.25, -0.2) is 0 Å². The molecule has 0 saturated carbocycles. The molecule has 0 aromatic carbocycles. The molecule has 0 bridgehead atoms. The van der Waals surface area contributed by atoms with Gasteiger partial charge in [0, 0.05) is 0 Å². The van der Waals surface area contributed by atoms with Crippen LogP contribution in [0.1, 0.15) is 12.8 Å². The molecule has 0 radical (unpaired) electrons. The van der Waals surface area contributed by atoms with Gasteiger partial charge in [-0.05, 0) is 6.04 Å². The molecule has 11 heavy (non-hydrogen) atoms. The third-order valence-electron chi connectivity index (χ3n) is 1.27. The molecule has 0 aliphatic carbocycles. The Labute approximate surface area is 81.5 Å². The molecular weight excluding hydrogens is 283 g/mol. The van der Waals surface area contributed by atoms with Crippen molar-refractivity contribution in [2.45, 2.75) is 18.9 Å². The molecule has 1 fully saturated rings. The van der Waals surface area contributed by atoms with E-state index >= 15 is 0 Å². The van der Waals surface area contributed by atoms with E-state index in [4.69, 9.17) is 24.2 Å². The van der Waals surface area contributed by atoms with Gasteiger partial charge in [0.15, 0.2) is 0 Å². The number of carboxylic acid groups (broad SMARTS) is 1. The molecule has 1 N–H and O–H groups in total. The van der Waals surface area contributed by atoms with E-state index in [0.29, 0.717) is 0 Å². The number of carbonyl (C=O) groups is 1. The molecule has 1 heterocycles. The van der Waals surface area contributed by atoms with E-state index in [1.54, 1.807) is 0 Å². The molecule has 3 nitrogen and oxygen atoms in total. The number of rotatable bonds is 1. The third kappa shape index (κ3) is 5.89. The number of hydrogen-bond donors (Lipinski definition) is 1. The van der Waals surface area contributed by atoms with Crippen LogP contribution in [0, 0.1) is 0 Å². The molecule has 0 aromatic heterocycles. The normalized spacial score (nSPS) is 22.5. The summed E-state index contributed by atoms with van der Waals surface area (Å²) in [6.07, 6.45) is 1.67. The first-order chi connectivity index (χ1) is 5.22. The van der Waals surface area contributed by atoms with Gasteiger partial charge in [-0.2, -0.15) is 0 Å². The van der Waals surface area contributed by atoms with Gasteiger partial charge in [0.05, 0.1) is 0 Å². The Kier molecular flexibility index (Phi) is 7.78. The minimum atomic E-state index is -0.775. The standard InChI is InChI=1S/C5H8NO2.2ClH.Pd/c7-5(8)4-2-1-3-6-4;;;/h4H,1-3H2,(H,7,8);2*1H;/q-1;;;+2/p-2. The molecule has 0 spiro atoms.